The third kappa shape index (κ3) is 5.62. The lowest BCUT2D eigenvalue weighted by atomic mass is 9.60. The first-order valence-electron chi connectivity index (χ1n) is 15.7. The molecule has 4 saturated heterocycles. The number of nitrogens with one attached hydrogen (secondary N) is 4. The zero-order chi connectivity index (χ0) is 25.4. The van der Waals surface area contributed by atoms with Gasteiger partial charge in [0, 0.05) is 50.3 Å². The lowest BCUT2D eigenvalue weighted by Crippen LogP contribution is -2.59. The molecule has 0 aromatic heterocycles. The van der Waals surface area contributed by atoms with Gasteiger partial charge in [-0.3, -0.25) is 15.8 Å². The largest absolute Gasteiger partial charge is 0.379 e. The summed E-state index contributed by atoms with van der Waals surface area (Å²) < 4.78 is 5.54. The summed E-state index contributed by atoms with van der Waals surface area (Å²) in [6.07, 6.45) is 11.9. The zero-order valence-corrected chi connectivity index (χ0v) is 23.4. The summed E-state index contributed by atoms with van der Waals surface area (Å²) >= 11 is 0. The molecule has 2 saturated carbocycles. The number of hydrazine groups is 1. The second-order valence-electron chi connectivity index (χ2n) is 14.1. The fourth-order valence-corrected chi connectivity index (χ4v) is 9.34. The first-order valence-corrected chi connectivity index (χ1v) is 15.7. The second-order valence-corrected chi connectivity index (χ2v) is 14.1. The van der Waals surface area contributed by atoms with Gasteiger partial charge in [0.05, 0.1) is 24.7 Å². The molecule has 4 heterocycles. The molecule has 0 spiro atoms. The van der Waals surface area contributed by atoms with Gasteiger partial charge in [0.2, 0.25) is 0 Å². The van der Waals surface area contributed by atoms with Crippen LogP contribution in [0.5, 0.6) is 0 Å². The molecule has 7 nitrogen and oxygen atoms in total. The Morgan fingerprint density at radius 1 is 0.838 bits per heavy atom. The van der Waals surface area contributed by atoms with E-state index in [0.717, 1.165) is 62.4 Å². The molecule has 37 heavy (non-hydrogen) atoms. The average molecular weight is 513 g/mol. The summed E-state index contributed by atoms with van der Waals surface area (Å²) in [6, 6.07) is 5.14. The molecular formula is C30H52N6O. The SMILES string of the molecule is CC(C)(C#N)C1CCC(C2NNC3CNC4CCC(C5CCC(CN6CCOCC6)NC5)CC4C32)CC1. The molecule has 4 aliphatic heterocycles. The smallest absolute Gasteiger partial charge is 0.0686 e. The van der Waals surface area contributed by atoms with E-state index in [9.17, 15) is 5.26 Å². The molecule has 0 radical (unpaired) electrons. The van der Waals surface area contributed by atoms with Gasteiger partial charge in [-0.2, -0.15) is 5.26 Å². The third-order valence-corrected chi connectivity index (χ3v) is 11.7. The van der Waals surface area contributed by atoms with Crippen LogP contribution < -0.4 is 21.5 Å². The molecule has 6 aliphatic rings. The van der Waals surface area contributed by atoms with Gasteiger partial charge in [0.25, 0.3) is 0 Å². The normalized spacial score (nSPS) is 45.5. The first-order chi connectivity index (χ1) is 18.0. The Morgan fingerprint density at radius 2 is 1.59 bits per heavy atom. The Kier molecular flexibility index (Phi) is 8.15. The van der Waals surface area contributed by atoms with Crippen LogP contribution in [0.15, 0.2) is 0 Å². The van der Waals surface area contributed by atoms with E-state index in [2.05, 4.69) is 46.3 Å². The van der Waals surface area contributed by atoms with E-state index in [1.807, 2.05) is 0 Å². The van der Waals surface area contributed by atoms with Gasteiger partial charge in [-0.05, 0) is 114 Å². The van der Waals surface area contributed by atoms with Gasteiger partial charge in [-0.25, -0.2) is 0 Å². The number of nitrogens with zero attached hydrogens (tertiary/aromatic N) is 2. The quantitative estimate of drug-likeness (QED) is 0.451. The van der Waals surface area contributed by atoms with E-state index < -0.39 is 0 Å². The predicted octanol–water partition coefficient (Wildman–Crippen LogP) is 2.89. The van der Waals surface area contributed by atoms with Crippen LogP contribution >= 0.6 is 0 Å². The van der Waals surface area contributed by atoms with Crippen LogP contribution in [0.1, 0.15) is 71.6 Å². The topological polar surface area (TPSA) is 84.4 Å². The number of fused-ring (bicyclic) bond motifs is 3. The van der Waals surface area contributed by atoms with E-state index in [1.165, 1.54) is 70.9 Å². The highest BCUT2D eigenvalue weighted by Gasteiger charge is 2.52. The summed E-state index contributed by atoms with van der Waals surface area (Å²) in [7, 11) is 0. The van der Waals surface area contributed by atoms with Crippen molar-refractivity contribution in [2.75, 3.05) is 45.9 Å². The summed E-state index contributed by atoms with van der Waals surface area (Å²) in [5.74, 6) is 4.60. The van der Waals surface area contributed by atoms with Gasteiger partial charge in [-0.15, -0.1) is 0 Å². The summed E-state index contributed by atoms with van der Waals surface area (Å²) in [5, 5.41) is 17.6. The molecule has 0 aromatic rings. The monoisotopic (exact) mass is 512 g/mol. The molecule has 8 unspecified atom stereocenters. The van der Waals surface area contributed by atoms with Gasteiger partial charge >= 0.3 is 0 Å². The van der Waals surface area contributed by atoms with Crippen molar-refractivity contribution < 1.29 is 4.74 Å². The molecule has 6 rings (SSSR count). The number of hydrogen-bond acceptors (Lipinski definition) is 7. The number of hydrogen-bond donors (Lipinski definition) is 4. The molecule has 0 bridgehead atoms. The molecule has 4 N–H and O–H groups in total. The van der Waals surface area contributed by atoms with Crippen LogP contribution in [0.25, 0.3) is 0 Å². The van der Waals surface area contributed by atoms with Gasteiger partial charge in [0.1, 0.15) is 0 Å². The maximum absolute atomic E-state index is 9.64. The molecule has 0 aromatic carbocycles. The van der Waals surface area contributed by atoms with Crippen LogP contribution in [-0.2, 0) is 4.74 Å². The lowest BCUT2D eigenvalue weighted by molar-refractivity contribution is 0.0258. The number of rotatable bonds is 5. The van der Waals surface area contributed by atoms with Crippen molar-refractivity contribution in [3.05, 3.63) is 0 Å². The predicted molar refractivity (Wildman–Crippen MR) is 147 cm³/mol. The van der Waals surface area contributed by atoms with E-state index in [0.29, 0.717) is 30.1 Å². The number of ether oxygens (including phenoxy) is 1. The maximum Gasteiger partial charge on any atom is 0.0686 e. The molecule has 6 fully saturated rings. The van der Waals surface area contributed by atoms with Crippen molar-refractivity contribution in [1.29, 1.82) is 5.26 Å². The van der Waals surface area contributed by atoms with Crippen molar-refractivity contribution in [3.8, 4) is 6.07 Å². The lowest BCUT2D eigenvalue weighted by Gasteiger charge is -2.50. The van der Waals surface area contributed by atoms with Crippen molar-refractivity contribution in [3.63, 3.8) is 0 Å². The number of nitriles is 1. The minimum Gasteiger partial charge on any atom is -0.379 e. The molecule has 2 aliphatic carbocycles. The maximum atomic E-state index is 9.64. The fourth-order valence-electron chi connectivity index (χ4n) is 9.34. The Bertz CT molecular complexity index is 792. The molecular weight excluding hydrogens is 460 g/mol. The summed E-state index contributed by atoms with van der Waals surface area (Å²) in [5.41, 5.74) is 7.39. The van der Waals surface area contributed by atoms with Crippen LogP contribution in [0, 0.1) is 52.3 Å². The average Bonchev–Trinajstić information content (AvgIpc) is 3.39. The minimum atomic E-state index is -0.180. The van der Waals surface area contributed by atoms with E-state index in [-0.39, 0.29) is 5.41 Å². The van der Waals surface area contributed by atoms with Gasteiger partial charge in [0.15, 0.2) is 0 Å². The molecule has 0 amide bonds. The van der Waals surface area contributed by atoms with E-state index in [1.54, 1.807) is 0 Å². The highest BCUT2D eigenvalue weighted by Crippen LogP contribution is 2.48. The Morgan fingerprint density at radius 3 is 2.32 bits per heavy atom. The molecule has 208 valence electrons. The highest BCUT2D eigenvalue weighted by atomic mass is 16.5. The van der Waals surface area contributed by atoms with Gasteiger partial charge in [-0.1, -0.05) is 0 Å². The van der Waals surface area contributed by atoms with Crippen LogP contribution in [-0.4, -0.2) is 75.0 Å². The van der Waals surface area contributed by atoms with Crippen LogP contribution in [0.4, 0.5) is 0 Å². The minimum absolute atomic E-state index is 0.180. The van der Waals surface area contributed by atoms with Crippen LogP contribution in [0.3, 0.4) is 0 Å². The van der Waals surface area contributed by atoms with E-state index >= 15 is 0 Å². The Balaban J connectivity index is 1.04. The number of morpholine rings is 1. The highest BCUT2D eigenvalue weighted by molar-refractivity contribution is 5.08. The summed E-state index contributed by atoms with van der Waals surface area (Å²) in [4.78, 5) is 2.59. The molecule has 8 atom stereocenters. The second kappa shape index (κ2) is 11.4. The number of piperidine rings is 2. The van der Waals surface area contributed by atoms with Crippen molar-refractivity contribution >= 4 is 0 Å². The Labute approximate surface area is 225 Å². The zero-order valence-electron chi connectivity index (χ0n) is 23.4. The van der Waals surface area contributed by atoms with Crippen LogP contribution in [0.2, 0.25) is 0 Å². The third-order valence-electron chi connectivity index (χ3n) is 11.7. The first kappa shape index (κ1) is 26.5. The standard InChI is InChI=1S/C30H52N6O/c1-30(2,19-31)23-7-3-20(4-8-23)29-28-25-15-21(6-10-26(25)33-17-27(28)34-35-29)22-5-9-24(32-16-22)18-36-11-13-37-14-12-36/h20-29,32-35H,3-18H2,1-2H3. The summed E-state index contributed by atoms with van der Waals surface area (Å²) in [6.45, 7) is 11.8. The van der Waals surface area contributed by atoms with E-state index in [4.69, 9.17) is 4.74 Å². The van der Waals surface area contributed by atoms with Crippen molar-refractivity contribution in [1.82, 2.24) is 26.4 Å². The van der Waals surface area contributed by atoms with Gasteiger partial charge < -0.3 is 15.4 Å². The Hall–Kier alpha value is -0.750. The molecule has 7 heteroatoms. The fraction of sp³-hybridized carbons (Fsp3) is 0.967. The van der Waals surface area contributed by atoms with Crippen molar-refractivity contribution in [2.24, 2.45) is 40.9 Å². The van der Waals surface area contributed by atoms with Crippen molar-refractivity contribution in [2.45, 2.75) is 95.8 Å².